The molecule has 128 valence electrons. The molecule has 0 saturated heterocycles. The van der Waals surface area contributed by atoms with E-state index < -0.39 is 8.32 Å². The maximum atomic E-state index is 7.03. The summed E-state index contributed by atoms with van der Waals surface area (Å²) in [6.45, 7) is 18.6. The molecule has 1 unspecified atom stereocenters. The van der Waals surface area contributed by atoms with Crippen molar-refractivity contribution in [1.82, 2.24) is 0 Å². The van der Waals surface area contributed by atoms with Gasteiger partial charge in [-0.05, 0) is 49.0 Å². The molecule has 0 saturated carbocycles. The second-order valence-corrected chi connectivity index (χ2v) is 13.9. The van der Waals surface area contributed by atoms with Gasteiger partial charge in [0.15, 0.2) is 8.32 Å². The lowest BCUT2D eigenvalue weighted by atomic mass is 9.59. The Morgan fingerprint density at radius 2 is 1.70 bits per heavy atom. The van der Waals surface area contributed by atoms with E-state index in [-0.39, 0.29) is 16.4 Å². The van der Waals surface area contributed by atoms with Crippen LogP contribution in [0.15, 0.2) is 47.6 Å². The third kappa shape index (κ3) is 3.48. The molecule has 0 bridgehead atoms. The molecule has 0 N–H and O–H groups in total. The van der Waals surface area contributed by atoms with Crippen molar-refractivity contribution >= 4 is 8.32 Å². The molecule has 1 nitrogen and oxygen atoms in total. The van der Waals surface area contributed by atoms with Crippen LogP contribution in [0.3, 0.4) is 0 Å². The standard InChI is InChI=1S/C21H34OSi/c1-19(2,3)18-15-11-12-16-21(18,22-23(6,7)8)20(4,5)17-13-9-10-14-17/h9,11-15H,10,16H2,1-8H3. The summed E-state index contributed by atoms with van der Waals surface area (Å²) in [7, 11) is -1.72. The van der Waals surface area contributed by atoms with Crippen molar-refractivity contribution in [1.29, 1.82) is 0 Å². The molecular formula is C21H34OSi. The Morgan fingerprint density at radius 3 is 2.17 bits per heavy atom. The molecule has 0 heterocycles. The summed E-state index contributed by atoms with van der Waals surface area (Å²) < 4.78 is 7.03. The van der Waals surface area contributed by atoms with E-state index in [4.69, 9.17) is 4.43 Å². The molecule has 1 atom stereocenters. The van der Waals surface area contributed by atoms with Gasteiger partial charge < -0.3 is 4.43 Å². The van der Waals surface area contributed by atoms with Crippen molar-refractivity contribution in [3.05, 3.63) is 47.6 Å². The summed E-state index contributed by atoms with van der Waals surface area (Å²) in [5.41, 5.74) is 2.63. The van der Waals surface area contributed by atoms with Crippen molar-refractivity contribution in [2.24, 2.45) is 10.8 Å². The fourth-order valence-corrected chi connectivity index (χ4v) is 5.49. The second-order valence-electron chi connectivity index (χ2n) is 9.43. The molecular weight excluding hydrogens is 296 g/mol. The average Bonchev–Trinajstić information content (AvgIpc) is 2.90. The van der Waals surface area contributed by atoms with E-state index in [0.717, 1.165) is 12.8 Å². The van der Waals surface area contributed by atoms with Gasteiger partial charge in [-0.25, -0.2) is 0 Å². The van der Waals surface area contributed by atoms with Gasteiger partial charge in [-0.3, -0.25) is 0 Å². The Labute approximate surface area is 144 Å². The lowest BCUT2D eigenvalue weighted by Crippen LogP contribution is -2.56. The molecule has 2 rings (SSSR count). The highest BCUT2D eigenvalue weighted by molar-refractivity contribution is 6.69. The second kappa shape index (κ2) is 5.89. The summed E-state index contributed by atoms with van der Waals surface area (Å²) in [6.07, 6.45) is 15.7. The largest absolute Gasteiger partial charge is 0.407 e. The molecule has 0 aromatic rings. The van der Waals surface area contributed by atoms with Gasteiger partial charge in [0.1, 0.15) is 0 Å². The Hall–Kier alpha value is -0.863. The molecule has 0 aromatic carbocycles. The molecule has 0 amide bonds. The van der Waals surface area contributed by atoms with Crippen molar-refractivity contribution in [3.8, 4) is 0 Å². The van der Waals surface area contributed by atoms with Crippen LogP contribution in [0.1, 0.15) is 47.5 Å². The van der Waals surface area contributed by atoms with Crippen molar-refractivity contribution in [3.63, 3.8) is 0 Å². The molecule has 0 radical (unpaired) electrons. The van der Waals surface area contributed by atoms with Crippen LogP contribution in [0.25, 0.3) is 0 Å². The van der Waals surface area contributed by atoms with Crippen molar-refractivity contribution in [2.45, 2.75) is 72.7 Å². The molecule has 2 aliphatic rings. The number of allylic oxidation sites excluding steroid dienone is 5. The summed E-state index contributed by atoms with van der Waals surface area (Å²) >= 11 is 0. The molecule has 2 heteroatoms. The van der Waals surface area contributed by atoms with E-state index in [1.54, 1.807) is 0 Å². The summed E-state index contributed by atoms with van der Waals surface area (Å²) in [5.74, 6) is 0. The number of hydrogen-bond donors (Lipinski definition) is 0. The fraction of sp³-hybridized carbons (Fsp3) is 0.619. The minimum atomic E-state index is -1.72. The van der Waals surface area contributed by atoms with E-state index in [1.807, 2.05) is 0 Å². The van der Waals surface area contributed by atoms with Gasteiger partial charge in [-0.15, -0.1) is 0 Å². The van der Waals surface area contributed by atoms with E-state index in [0.29, 0.717) is 0 Å². The van der Waals surface area contributed by atoms with Gasteiger partial charge in [0.05, 0.1) is 5.60 Å². The Morgan fingerprint density at radius 1 is 1.04 bits per heavy atom. The van der Waals surface area contributed by atoms with Gasteiger partial charge in [-0.2, -0.15) is 0 Å². The van der Waals surface area contributed by atoms with Gasteiger partial charge >= 0.3 is 0 Å². The summed E-state index contributed by atoms with van der Waals surface area (Å²) in [4.78, 5) is 0. The highest BCUT2D eigenvalue weighted by Crippen LogP contribution is 2.55. The van der Waals surface area contributed by atoms with E-state index in [9.17, 15) is 0 Å². The third-order valence-corrected chi connectivity index (χ3v) is 5.99. The Balaban J connectivity index is 2.64. The zero-order chi connectivity index (χ0) is 17.5. The Kier molecular flexibility index (Phi) is 4.73. The van der Waals surface area contributed by atoms with Crippen molar-refractivity contribution in [2.75, 3.05) is 0 Å². The van der Waals surface area contributed by atoms with Crippen LogP contribution in [-0.4, -0.2) is 13.9 Å². The average molecular weight is 331 g/mol. The minimum Gasteiger partial charge on any atom is -0.407 e. The highest BCUT2D eigenvalue weighted by Gasteiger charge is 2.54. The molecule has 0 aromatic heterocycles. The van der Waals surface area contributed by atoms with Crippen LogP contribution in [0.4, 0.5) is 0 Å². The molecule has 0 spiro atoms. The third-order valence-electron chi connectivity index (χ3n) is 5.03. The first-order valence-electron chi connectivity index (χ1n) is 8.85. The van der Waals surface area contributed by atoms with E-state index in [1.165, 1.54) is 11.1 Å². The van der Waals surface area contributed by atoms with Gasteiger partial charge in [0.2, 0.25) is 0 Å². The molecule has 2 aliphatic carbocycles. The predicted octanol–water partition coefficient (Wildman–Crippen LogP) is 6.42. The smallest absolute Gasteiger partial charge is 0.185 e. The number of hydrogen-bond acceptors (Lipinski definition) is 1. The topological polar surface area (TPSA) is 9.23 Å². The summed E-state index contributed by atoms with van der Waals surface area (Å²) in [6, 6.07) is 0. The van der Waals surface area contributed by atoms with Crippen LogP contribution < -0.4 is 0 Å². The Bertz CT molecular complexity index is 576. The zero-order valence-corrected chi connectivity index (χ0v) is 17.3. The zero-order valence-electron chi connectivity index (χ0n) is 16.3. The lowest BCUT2D eigenvalue weighted by Gasteiger charge is -2.55. The molecule has 23 heavy (non-hydrogen) atoms. The van der Waals surface area contributed by atoms with E-state index in [2.05, 4.69) is 90.7 Å². The highest BCUT2D eigenvalue weighted by atomic mass is 28.4. The van der Waals surface area contributed by atoms with Gasteiger partial charge in [0.25, 0.3) is 0 Å². The SMILES string of the molecule is CC(C)(C)C1=CC=CCC1(O[Si](C)(C)C)C(C)(C)C1=CCC=C1. The van der Waals surface area contributed by atoms with Crippen LogP contribution in [0.2, 0.25) is 19.6 Å². The van der Waals surface area contributed by atoms with Crippen LogP contribution in [0.5, 0.6) is 0 Å². The van der Waals surface area contributed by atoms with E-state index >= 15 is 0 Å². The van der Waals surface area contributed by atoms with Gasteiger partial charge in [0, 0.05) is 5.41 Å². The maximum Gasteiger partial charge on any atom is 0.185 e. The minimum absolute atomic E-state index is 0.0514. The monoisotopic (exact) mass is 330 g/mol. The number of rotatable bonds is 4. The quantitative estimate of drug-likeness (QED) is 0.540. The summed E-state index contributed by atoms with van der Waals surface area (Å²) in [5, 5.41) is 0. The predicted molar refractivity (Wildman–Crippen MR) is 104 cm³/mol. The molecule has 0 fully saturated rings. The first-order chi connectivity index (χ1) is 10.4. The first kappa shape index (κ1) is 18.5. The maximum absolute atomic E-state index is 7.03. The van der Waals surface area contributed by atoms with Crippen LogP contribution in [0, 0.1) is 10.8 Å². The van der Waals surface area contributed by atoms with Gasteiger partial charge in [-0.1, -0.05) is 71.1 Å². The first-order valence-corrected chi connectivity index (χ1v) is 12.3. The van der Waals surface area contributed by atoms with Crippen molar-refractivity contribution < 1.29 is 4.43 Å². The molecule has 0 aliphatic heterocycles. The normalized spacial score (nSPS) is 25.6. The lowest BCUT2D eigenvalue weighted by molar-refractivity contribution is -0.00777. The van der Waals surface area contributed by atoms with Crippen LogP contribution >= 0.6 is 0 Å². The van der Waals surface area contributed by atoms with Crippen LogP contribution in [-0.2, 0) is 4.43 Å². The fourth-order valence-electron chi connectivity index (χ4n) is 3.99.